The number of amides is 1. The molecule has 0 spiro atoms. The third-order valence-corrected chi connectivity index (χ3v) is 2.87. The van der Waals surface area contributed by atoms with Crippen molar-refractivity contribution in [1.29, 1.82) is 0 Å². The highest BCUT2D eigenvalue weighted by Gasteiger charge is 2.11. The zero-order valence-corrected chi connectivity index (χ0v) is 12.1. The van der Waals surface area contributed by atoms with Crippen LogP contribution >= 0.6 is 12.2 Å². The van der Waals surface area contributed by atoms with Gasteiger partial charge in [0.25, 0.3) is 0 Å². The summed E-state index contributed by atoms with van der Waals surface area (Å²) in [6.45, 7) is 4.23. The molecule has 17 heavy (non-hydrogen) atoms. The highest BCUT2D eigenvalue weighted by Crippen LogP contribution is 1.97. The van der Waals surface area contributed by atoms with Crippen LogP contribution in [0.2, 0.25) is 0 Å². The molecule has 0 aliphatic carbocycles. The highest BCUT2D eigenvalue weighted by atomic mass is 32.1. The lowest BCUT2D eigenvalue weighted by atomic mass is 10.2. The van der Waals surface area contributed by atoms with Gasteiger partial charge in [-0.1, -0.05) is 32.0 Å². The second kappa shape index (κ2) is 9.36. The van der Waals surface area contributed by atoms with Gasteiger partial charge in [-0.05, 0) is 20.0 Å². The average molecular weight is 259 g/mol. The number of nitrogens with two attached hydrogens (primary N) is 1. The Morgan fingerprint density at radius 2 is 1.88 bits per heavy atom. The summed E-state index contributed by atoms with van der Waals surface area (Å²) in [6, 6.07) is 0. The lowest BCUT2D eigenvalue weighted by Crippen LogP contribution is -2.38. The Bertz CT molecular complexity index is 246. The van der Waals surface area contributed by atoms with Gasteiger partial charge < -0.3 is 10.6 Å². The summed E-state index contributed by atoms with van der Waals surface area (Å²) in [6.07, 6.45) is 4.17. The maximum atomic E-state index is 11.8. The molecule has 2 N–H and O–H groups in total. The Kier molecular flexibility index (Phi) is 8.99. The second-order valence-corrected chi connectivity index (χ2v) is 5.00. The van der Waals surface area contributed by atoms with Gasteiger partial charge >= 0.3 is 0 Å². The number of carbonyl (C=O) groups is 1. The molecule has 5 heteroatoms. The maximum absolute atomic E-state index is 11.8. The summed E-state index contributed by atoms with van der Waals surface area (Å²) in [5, 5.41) is 0. The number of likely N-dealkylation sites (N-methyl/N-ethyl adjacent to an activating group) is 2. The molecule has 0 aliphatic rings. The molecule has 4 nitrogen and oxygen atoms in total. The molecule has 0 saturated heterocycles. The predicted octanol–water partition coefficient (Wildman–Crippen LogP) is 1.24. The average Bonchev–Trinajstić information content (AvgIpc) is 2.26. The van der Waals surface area contributed by atoms with Crippen molar-refractivity contribution in [1.82, 2.24) is 9.80 Å². The molecule has 100 valence electrons. The number of rotatable bonds is 9. The van der Waals surface area contributed by atoms with Crippen LogP contribution in [0.4, 0.5) is 0 Å². The Morgan fingerprint density at radius 1 is 1.24 bits per heavy atom. The minimum Gasteiger partial charge on any atom is -0.393 e. The molecule has 0 unspecified atom stereocenters. The van der Waals surface area contributed by atoms with Crippen molar-refractivity contribution < 1.29 is 4.79 Å². The van der Waals surface area contributed by atoms with E-state index in [0.717, 1.165) is 13.0 Å². The summed E-state index contributed by atoms with van der Waals surface area (Å²) in [7, 11) is 3.77. The van der Waals surface area contributed by atoms with Crippen molar-refractivity contribution in [3.8, 4) is 0 Å². The quantitative estimate of drug-likeness (QED) is 0.500. The highest BCUT2D eigenvalue weighted by molar-refractivity contribution is 7.80. The van der Waals surface area contributed by atoms with E-state index in [0.29, 0.717) is 24.5 Å². The van der Waals surface area contributed by atoms with Crippen LogP contribution in [0.5, 0.6) is 0 Å². The SMILES string of the molecule is CCCCCN(C)CC(=O)N(C)CCC(N)=S. The molecule has 0 rings (SSSR count). The predicted molar refractivity (Wildman–Crippen MR) is 76.1 cm³/mol. The minimum absolute atomic E-state index is 0.125. The number of carbonyl (C=O) groups excluding carboxylic acids is 1. The second-order valence-electron chi connectivity index (χ2n) is 4.48. The summed E-state index contributed by atoms with van der Waals surface area (Å²) in [5.41, 5.74) is 5.41. The van der Waals surface area contributed by atoms with Crippen molar-refractivity contribution >= 4 is 23.1 Å². The largest absolute Gasteiger partial charge is 0.393 e. The number of hydrogen-bond donors (Lipinski definition) is 1. The van der Waals surface area contributed by atoms with Crippen LogP contribution in [0.15, 0.2) is 0 Å². The molecule has 0 atom stereocenters. The standard InChI is InChI=1S/C12H25N3OS/c1-4-5-6-8-14(2)10-12(16)15(3)9-7-11(13)17/h4-10H2,1-3H3,(H2,13,17). The van der Waals surface area contributed by atoms with E-state index in [4.69, 9.17) is 18.0 Å². The first kappa shape index (κ1) is 16.3. The molecule has 0 aromatic carbocycles. The first-order valence-electron chi connectivity index (χ1n) is 6.18. The molecule has 0 radical (unpaired) electrons. The van der Waals surface area contributed by atoms with Gasteiger partial charge in [-0.25, -0.2) is 0 Å². The lowest BCUT2D eigenvalue weighted by Gasteiger charge is -2.21. The van der Waals surface area contributed by atoms with Gasteiger partial charge in [0.05, 0.1) is 11.5 Å². The molecule has 0 bridgehead atoms. The van der Waals surface area contributed by atoms with E-state index in [9.17, 15) is 4.79 Å². The fraction of sp³-hybridized carbons (Fsp3) is 0.833. The zero-order valence-electron chi connectivity index (χ0n) is 11.2. The summed E-state index contributed by atoms with van der Waals surface area (Å²) in [4.78, 5) is 16.0. The van der Waals surface area contributed by atoms with E-state index >= 15 is 0 Å². The fourth-order valence-electron chi connectivity index (χ4n) is 1.46. The number of nitrogens with zero attached hydrogens (tertiary/aromatic N) is 2. The summed E-state index contributed by atoms with van der Waals surface area (Å²) < 4.78 is 0. The summed E-state index contributed by atoms with van der Waals surface area (Å²) >= 11 is 4.79. The van der Waals surface area contributed by atoms with Crippen molar-refractivity contribution in [2.24, 2.45) is 5.73 Å². The molecule has 0 aromatic heterocycles. The van der Waals surface area contributed by atoms with E-state index in [1.165, 1.54) is 12.8 Å². The molecular formula is C12H25N3OS. The van der Waals surface area contributed by atoms with Crippen LogP contribution in [0, 0.1) is 0 Å². The molecule has 0 aliphatic heterocycles. The fourth-order valence-corrected chi connectivity index (χ4v) is 1.56. The van der Waals surface area contributed by atoms with E-state index in [2.05, 4.69) is 11.8 Å². The number of hydrogen-bond acceptors (Lipinski definition) is 3. The summed E-state index contributed by atoms with van der Waals surface area (Å²) in [5.74, 6) is 0.125. The zero-order chi connectivity index (χ0) is 13.3. The Morgan fingerprint density at radius 3 is 2.41 bits per heavy atom. The lowest BCUT2D eigenvalue weighted by molar-refractivity contribution is -0.130. The van der Waals surface area contributed by atoms with Crippen LogP contribution < -0.4 is 5.73 Å². The van der Waals surface area contributed by atoms with Crippen LogP contribution in [0.1, 0.15) is 32.6 Å². The normalized spacial score (nSPS) is 10.6. The van der Waals surface area contributed by atoms with Gasteiger partial charge in [0.15, 0.2) is 0 Å². The first-order chi connectivity index (χ1) is 7.97. The van der Waals surface area contributed by atoms with Crippen LogP contribution in [0.25, 0.3) is 0 Å². The third-order valence-electron chi connectivity index (χ3n) is 2.67. The third kappa shape index (κ3) is 9.06. The van der Waals surface area contributed by atoms with Gasteiger partial charge in [0.1, 0.15) is 0 Å². The Balaban J connectivity index is 3.78. The molecular weight excluding hydrogens is 234 g/mol. The minimum atomic E-state index is 0.125. The number of thiocarbonyl (C=S) groups is 1. The van der Waals surface area contributed by atoms with Gasteiger partial charge in [0.2, 0.25) is 5.91 Å². The molecule has 0 heterocycles. The number of unbranched alkanes of at least 4 members (excludes halogenated alkanes) is 2. The van der Waals surface area contributed by atoms with Gasteiger partial charge in [-0.2, -0.15) is 0 Å². The molecule has 1 amide bonds. The Labute approximate surface area is 110 Å². The molecule has 0 saturated carbocycles. The van der Waals surface area contributed by atoms with Crippen LogP contribution in [0.3, 0.4) is 0 Å². The topological polar surface area (TPSA) is 49.6 Å². The van der Waals surface area contributed by atoms with Gasteiger partial charge in [-0.3, -0.25) is 9.69 Å². The van der Waals surface area contributed by atoms with E-state index in [1.54, 1.807) is 11.9 Å². The van der Waals surface area contributed by atoms with Gasteiger partial charge in [-0.15, -0.1) is 0 Å². The molecule has 0 aromatic rings. The first-order valence-corrected chi connectivity index (χ1v) is 6.59. The van der Waals surface area contributed by atoms with E-state index in [1.807, 2.05) is 7.05 Å². The molecule has 0 fully saturated rings. The van der Waals surface area contributed by atoms with Crippen molar-refractivity contribution in [3.63, 3.8) is 0 Å². The van der Waals surface area contributed by atoms with Crippen LogP contribution in [-0.4, -0.2) is 54.4 Å². The van der Waals surface area contributed by atoms with Crippen molar-refractivity contribution in [2.45, 2.75) is 32.6 Å². The maximum Gasteiger partial charge on any atom is 0.236 e. The monoisotopic (exact) mass is 259 g/mol. The van der Waals surface area contributed by atoms with Crippen molar-refractivity contribution in [3.05, 3.63) is 0 Å². The smallest absolute Gasteiger partial charge is 0.236 e. The van der Waals surface area contributed by atoms with Gasteiger partial charge in [0, 0.05) is 20.0 Å². The van der Waals surface area contributed by atoms with E-state index < -0.39 is 0 Å². The van der Waals surface area contributed by atoms with Crippen LogP contribution in [-0.2, 0) is 4.79 Å². The van der Waals surface area contributed by atoms with Crippen molar-refractivity contribution in [2.75, 3.05) is 33.7 Å². The van der Waals surface area contributed by atoms with E-state index in [-0.39, 0.29) is 5.91 Å². The Hall–Kier alpha value is -0.680.